The number of aromatic nitrogens is 2. The van der Waals surface area contributed by atoms with Crippen LogP contribution >= 0.6 is 0 Å². The van der Waals surface area contributed by atoms with Crippen molar-refractivity contribution in [3.63, 3.8) is 0 Å². The summed E-state index contributed by atoms with van der Waals surface area (Å²) in [5.74, 6) is -0.221. The third-order valence-electron chi connectivity index (χ3n) is 3.65. The first-order chi connectivity index (χ1) is 11.1. The molecule has 7 nitrogen and oxygen atoms in total. The Labute approximate surface area is 133 Å². The molecule has 0 saturated carbocycles. The van der Waals surface area contributed by atoms with E-state index in [0.717, 1.165) is 18.9 Å². The summed E-state index contributed by atoms with van der Waals surface area (Å²) >= 11 is 0. The Kier molecular flexibility index (Phi) is 4.27. The fourth-order valence-electron chi connectivity index (χ4n) is 2.54. The zero-order valence-corrected chi connectivity index (χ0v) is 12.5. The van der Waals surface area contributed by atoms with Crippen molar-refractivity contribution >= 4 is 5.91 Å². The number of benzene rings is 1. The molecule has 3 rings (SSSR count). The molecule has 0 unspecified atom stereocenters. The van der Waals surface area contributed by atoms with Crippen molar-refractivity contribution in [1.82, 2.24) is 14.9 Å². The van der Waals surface area contributed by atoms with E-state index in [1.807, 2.05) is 0 Å². The minimum absolute atomic E-state index is 0.0318. The van der Waals surface area contributed by atoms with Gasteiger partial charge in [-0.05, 0) is 18.9 Å². The Balaban J connectivity index is 1.87. The van der Waals surface area contributed by atoms with Crippen molar-refractivity contribution in [2.24, 2.45) is 0 Å². The number of carbonyl (C=O) groups is 1. The van der Waals surface area contributed by atoms with Crippen LogP contribution in [-0.4, -0.2) is 44.1 Å². The molecule has 23 heavy (non-hydrogen) atoms. The normalized spacial score (nSPS) is 14.0. The van der Waals surface area contributed by atoms with E-state index in [0.29, 0.717) is 18.9 Å². The van der Waals surface area contributed by atoms with E-state index in [1.165, 1.54) is 6.07 Å². The van der Waals surface area contributed by atoms with E-state index in [2.05, 4.69) is 9.97 Å². The number of ether oxygens (including phenoxy) is 1. The number of carbonyl (C=O) groups excluding carboxylic acids is 1. The number of phenolic OH excluding ortho intramolecular Hbond substituents is 2. The molecule has 1 aliphatic heterocycles. The number of hydrogen-bond acceptors (Lipinski definition) is 6. The molecule has 2 N–H and O–H groups in total. The van der Waals surface area contributed by atoms with Gasteiger partial charge in [0.1, 0.15) is 29.4 Å². The van der Waals surface area contributed by atoms with E-state index in [-0.39, 0.29) is 35.3 Å². The molecule has 0 spiro atoms. The molecule has 1 aromatic carbocycles. The first-order valence-corrected chi connectivity index (χ1v) is 7.39. The predicted octanol–water partition coefficient (Wildman–Crippen LogP) is 1.70. The lowest BCUT2D eigenvalue weighted by Crippen LogP contribution is -2.28. The minimum Gasteiger partial charge on any atom is -0.508 e. The zero-order chi connectivity index (χ0) is 16.2. The summed E-state index contributed by atoms with van der Waals surface area (Å²) in [4.78, 5) is 22.3. The first kappa shape index (κ1) is 15.1. The summed E-state index contributed by atoms with van der Waals surface area (Å²) in [7, 11) is 0. The second-order valence-electron chi connectivity index (χ2n) is 5.29. The van der Waals surface area contributed by atoms with Crippen LogP contribution in [0.4, 0.5) is 0 Å². The predicted molar refractivity (Wildman–Crippen MR) is 81.3 cm³/mol. The van der Waals surface area contributed by atoms with Gasteiger partial charge in [0.15, 0.2) is 5.82 Å². The Morgan fingerprint density at radius 2 is 1.87 bits per heavy atom. The molecule has 2 aromatic rings. The average molecular weight is 315 g/mol. The number of aromatic hydroxyl groups is 2. The molecule has 1 aliphatic rings. The van der Waals surface area contributed by atoms with Gasteiger partial charge >= 0.3 is 0 Å². The van der Waals surface area contributed by atoms with Crippen LogP contribution in [0, 0.1) is 0 Å². The number of likely N-dealkylation sites (tertiary alicyclic amines) is 1. The molecule has 1 saturated heterocycles. The fourth-order valence-corrected chi connectivity index (χ4v) is 2.54. The number of amides is 1. The summed E-state index contributed by atoms with van der Waals surface area (Å²) in [6.45, 7) is 1.34. The second-order valence-corrected chi connectivity index (χ2v) is 5.29. The van der Waals surface area contributed by atoms with Crippen LogP contribution in [0.2, 0.25) is 0 Å². The van der Waals surface area contributed by atoms with E-state index >= 15 is 0 Å². The van der Waals surface area contributed by atoms with Crippen molar-refractivity contribution in [1.29, 1.82) is 0 Å². The van der Waals surface area contributed by atoms with E-state index in [9.17, 15) is 15.0 Å². The quantitative estimate of drug-likeness (QED) is 0.891. The highest BCUT2D eigenvalue weighted by Gasteiger charge is 2.26. The molecule has 1 aromatic heterocycles. The zero-order valence-electron chi connectivity index (χ0n) is 12.5. The molecular weight excluding hydrogens is 298 g/mol. The second kappa shape index (κ2) is 6.51. The van der Waals surface area contributed by atoms with Gasteiger partial charge in [0.25, 0.3) is 5.91 Å². The lowest BCUT2D eigenvalue weighted by Gasteiger charge is -2.19. The molecular formula is C16H17N3O4. The minimum atomic E-state index is -0.302. The van der Waals surface area contributed by atoms with Crippen molar-refractivity contribution in [2.75, 3.05) is 13.1 Å². The van der Waals surface area contributed by atoms with Crippen molar-refractivity contribution in [3.8, 4) is 17.2 Å². The Bertz CT molecular complexity index is 700. The van der Waals surface area contributed by atoms with Gasteiger partial charge in [-0.1, -0.05) is 0 Å². The molecule has 1 amide bonds. The Morgan fingerprint density at radius 1 is 1.17 bits per heavy atom. The molecule has 0 atom stereocenters. The van der Waals surface area contributed by atoms with Crippen LogP contribution in [0.5, 0.6) is 17.2 Å². The van der Waals surface area contributed by atoms with Crippen molar-refractivity contribution in [3.05, 3.63) is 42.0 Å². The molecule has 7 heteroatoms. The van der Waals surface area contributed by atoms with E-state index < -0.39 is 0 Å². The van der Waals surface area contributed by atoms with Gasteiger partial charge < -0.3 is 19.8 Å². The average Bonchev–Trinajstić information content (AvgIpc) is 3.07. The number of rotatable bonds is 4. The van der Waals surface area contributed by atoms with Crippen molar-refractivity contribution < 1.29 is 19.7 Å². The maximum absolute atomic E-state index is 12.6. The molecule has 0 radical (unpaired) electrons. The molecule has 0 aliphatic carbocycles. The molecule has 1 fully saturated rings. The third-order valence-corrected chi connectivity index (χ3v) is 3.65. The van der Waals surface area contributed by atoms with Gasteiger partial charge in [0.05, 0.1) is 0 Å². The van der Waals surface area contributed by atoms with Gasteiger partial charge in [-0.25, -0.2) is 9.97 Å². The van der Waals surface area contributed by atoms with Gasteiger partial charge in [-0.2, -0.15) is 0 Å². The number of phenols is 2. The third kappa shape index (κ3) is 3.33. The standard InChI is InChI=1S/C16H17N3O4/c20-11-8-12(21)15(16(22)19-6-1-2-7-19)13(9-11)23-10-14-17-4-3-5-18-14/h3-5,8-9,20-21H,1-2,6-7,10H2. The molecule has 0 bridgehead atoms. The first-order valence-electron chi connectivity index (χ1n) is 7.39. The van der Waals surface area contributed by atoms with Crippen LogP contribution in [0.1, 0.15) is 29.0 Å². The van der Waals surface area contributed by atoms with Crippen LogP contribution in [0.25, 0.3) is 0 Å². The summed E-state index contributed by atoms with van der Waals surface area (Å²) < 4.78 is 5.57. The van der Waals surface area contributed by atoms with Gasteiger partial charge in [-0.15, -0.1) is 0 Å². The van der Waals surface area contributed by atoms with Crippen LogP contribution in [0.15, 0.2) is 30.6 Å². The van der Waals surface area contributed by atoms with E-state index in [1.54, 1.807) is 23.4 Å². The fraction of sp³-hybridized carbons (Fsp3) is 0.312. The van der Waals surface area contributed by atoms with Crippen molar-refractivity contribution in [2.45, 2.75) is 19.4 Å². The van der Waals surface area contributed by atoms with Gasteiger partial charge in [0, 0.05) is 37.6 Å². The summed E-state index contributed by atoms with van der Waals surface area (Å²) in [6, 6.07) is 4.13. The lowest BCUT2D eigenvalue weighted by molar-refractivity contribution is 0.0784. The van der Waals surface area contributed by atoms with Crippen LogP contribution < -0.4 is 4.74 Å². The highest BCUT2D eigenvalue weighted by molar-refractivity contribution is 6.00. The number of nitrogens with zero attached hydrogens (tertiary/aromatic N) is 3. The highest BCUT2D eigenvalue weighted by atomic mass is 16.5. The Hall–Kier alpha value is -2.83. The topological polar surface area (TPSA) is 95.8 Å². The lowest BCUT2D eigenvalue weighted by atomic mass is 10.1. The maximum Gasteiger partial charge on any atom is 0.261 e. The molecule has 2 heterocycles. The summed E-state index contributed by atoms with van der Waals surface area (Å²) in [5, 5.41) is 19.7. The Morgan fingerprint density at radius 3 is 2.57 bits per heavy atom. The summed E-state index contributed by atoms with van der Waals surface area (Å²) in [6.07, 6.45) is 5.06. The summed E-state index contributed by atoms with van der Waals surface area (Å²) in [5.41, 5.74) is 0.0561. The van der Waals surface area contributed by atoms with E-state index in [4.69, 9.17) is 4.74 Å². The van der Waals surface area contributed by atoms with Crippen LogP contribution in [0.3, 0.4) is 0 Å². The largest absolute Gasteiger partial charge is 0.508 e. The van der Waals surface area contributed by atoms with Gasteiger partial charge in [0.2, 0.25) is 0 Å². The maximum atomic E-state index is 12.6. The number of hydrogen-bond donors (Lipinski definition) is 2. The molecule has 120 valence electrons. The smallest absolute Gasteiger partial charge is 0.261 e. The van der Waals surface area contributed by atoms with Gasteiger partial charge in [-0.3, -0.25) is 4.79 Å². The van der Waals surface area contributed by atoms with Crippen LogP contribution in [-0.2, 0) is 6.61 Å². The highest BCUT2D eigenvalue weighted by Crippen LogP contribution is 2.34. The monoisotopic (exact) mass is 315 g/mol. The SMILES string of the molecule is O=C(c1c(O)cc(O)cc1OCc1ncccn1)N1CCCC1.